The van der Waals surface area contributed by atoms with Gasteiger partial charge in [-0.1, -0.05) is 24.3 Å². The van der Waals surface area contributed by atoms with E-state index in [9.17, 15) is 4.79 Å². The summed E-state index contributed by atoms with van der Waals surface area (Å²) in [5, 5.41) is 4.79. The van der Waals surface area contributed by atoms with E-state index in [1.165, 1.54) is 6.92 Å². The number of ether oxygens (including phenoxy) is 3. The number of aromatic nitrogens is 2. The molecule has 1 saturated carbocycles. The van der Waals surface area contributed by atoms with Crippen LogP contribution in [0.3, 0.4) is 0 Å². The van der Waals surface area contributed by atoms with Crippen LogP contribution in [0.1, 0.15) is 39.3 Å². The van der Waals surface area contributed by atoms with E-state index >= 15 is 0 Å². The van der Waals surface area contributed by atoms with Crippen LogP contribution in [-0.2, 0) is 16.1 Å². The molecular weight excluding hydrogens is 392 g/mol. The Hall–Kier alpha value is -3.12. The number of Topliss-reactive ketones (excluding diaryl/α,β-unsaturated/α-hetero) is 1. The van der Waals surface area contributed by atoms with Gasteiger partial charge in [0, 0.05) is 5.56 Å². The van der Waals surface area contributed by atoms with Gasteiger partial charge in [0.1, 0.15) is 22.8 Å². The van der Waals surface area contributed by atoms with Gasteiger partial charge in [-0.15, -0.1) is 0 Å². The van der Waals surface area contributed by atoms with Crippen molar-refractivity contribution in [2.45, 2.75) is 51.9 Å². The molecule has 6 nitrogen and oxygen atoms in total. The minimum absolute atomic E-state index is 0.0261. The maximum atomic E-state index is 11.8. The molecule has 1 fully saturated rings. The van der Waals surface area contributed by atoms with Crippen molar-refractivity contribution in [1.29, 1.82) is 0 Å². The zero-order chi connectivity index (χ0) is 22.0. The Morgan fingerprint density at radius 1 is 1.13 bits per heavy atom. The Bertz CT molecular complexity index is 1080. The Balaban J connectivity index is 1.73. The van der Waals surface area contributed by atoms with Crippen molar-refractivity contribution in [3.05, 3.63) is 60.3 Å². The molecule has 0 radical (unpaired) electrons. The number of benzene rings is 2. The first-order chi connectivity index (χ1) is 14.9. The summed E-state index contributed by atoms with van der Waals surface area (Å²) in [7, 11) is 1.64. The molecule has 31 heavy (non-hydrogen) atoms. The van der Waals surface area contributed by atoms with E-state index in [1.54, 1.807) is 21.0 Å². The van der Waals surface area contributed by atoms with Crippen LogP contribution in [0, 0.1) is 0 Å². The normalized spacial score (nSPS) is 13.8. The van der Waals surface area contributed by atoms with Crippen molar-refractivity contribution in [2.75, 3.05) is 7.11 Å². The minimum atomic E-state index is -0.869. The molecule has 1 aliphatic carbocycles. The second-order valence-electron chi connectivity index (χ2n) is 8.30. The van der Waals surface area contributed by atoms with Crippen LogP contribution in [0.25, 0.3) is 16.9 Å². The molecule has 1 aromatic heterocycles. The van der Waals surface area contributed by atoms with E-state index in [4.69, 9.17) is 19.3 Å². The first kappa shape index (κ1) is 21.1. The predicted molar refractivity (Wildman–Crippen MR) is 119 cm³/mol. The third-order valence-corrected chi connectivity index (χ3v) is 5.46. The van der Waals surface area contributed by atoms with E-state index in [-0.39, 0.29) is 12.4 Å². The Kier molecular flexibility index (Phi) is 5.83. The number of hydrogen-bond acceptors (Lipinski definition) is 5. The summed E-state index contributed by atoms with van der Waals surface area (Å²) in [5.74, 6) is 1.54. The quantitative estimate of drug-likeness (QED) is 0.489. The summed E-state index contributed by atoms with van der Waals surface area (Å²) in [6, 6.07) is 17.8. The van der Waals surface area contributed by atoms with Crippen LogP contribution in [0.5, 0.6) is 11.5 Å². The van der Waals surface area contributed by atoms with Crippen LogP contribution < -0.4 is 9.47 Å². The molecule has 0 saturated heterocycles. The van der Waals surface area contributed by atoms with E-state index in [0.717, 1.165) is 41.2 Å². The molecule has 6 heteroatoms. The molecule has 0 atom stereocenters. The second-order valence-corrected chi connectivity index (χ2v) is 8.30. The van der Waals surface area contributed by atoms with Crippen LogP contribution in [0.15, 0.2) is 54.6 Å². The van der Waals surface area contributed by atoms with E-state index in [2.05, 4.69) is 0 Å². The molecule has 4 rings (SSSR count). The molecule has 1 heterocycles. The fraction of sp³-hybridized carbons (Fsp3) is 0.360. The average molecular weight is 421 g/mol. The lowest BCUT2D eigenvalue weighted by molar-refractivity contribution is -0.139. The topological polar surface area (TPSA) is 62.6 Å². The van der Waals surface area contributed by atoms with E-state index in [0.29, 0.717) is 11.9 Å². The fourth-order valence-electron chi connectivity index (χ4n) is 3.16. The molecular formula is C25H28N2O4. The average Bonchev–Trinajstić information content (AvgIpc) is 3.47. The number of hydrogen-bond donors (Lipinski definition) is 0. The van der Waals surface area contributed by atoms with Crippen molar-refractivity contribution < 1.29 is 19.0 Å². The van der Waals surface area contributed by atoms with Crippen molar-refractivity contribution in [3.63, 3.8) is 0 Å². The summed E-state index contributed by atoms with van der Waals surface area (Å²) in [6.07, 6.45) is 2.54. The first-order valence-electron chi connectivity index (χ1n) is 10.5. The lowest BCUT2D eigenvalue weighted by Gasteiger charge is -2.21. The van der Waals surface area contributed by atoms with Gasteiger partial charge < -0.3 is 14.2 Å². The van der Waals surface area contributed by atoms with Gasteiger partial charge in [0.2, 0.25) is 0 Å². The van der Waals surface area contributed by atoms with Gasteiger partial charge in [-0.3, -0.25) is 4.79 Å². The van der Waals surface area contributed by atoms with E-state index < -0.39 is 5.60 Å². The van der Waals surface area contributed by atoms with Gasteiger partial charge in [-0.2, -0.15) is 5.10 Å². The molecule has 162 valence electrons. The van der Waals surface area contributed by atoms with Crippen LogP contribution in [-0.4, -0.2) is 34.4 Å². The molecule has 3 aromatic rings. The number of methoxy groups -OCH3 is 1. The molecule has 0 spiro atoms. The number of rotatable bonds is 9. The highest BCUT2D eigenvalue weighted by Gasteiger charge is 2.26. The third-order valence-electron chi connectivity index (χ3n) is 5.46. The highest BCUT2D eigenvalue weighted by Crippen LogP contribution is 2.33. The fourth-order valence-corrected chi connectivity index (χ4v) is 3.16. The summed E-state index contributed by atoms with van der Waals surface area (Å²) < 4.78 is 19.3. The molecule has 0 unspecified atom stereocenters. The summed E-state index contributed by atoms with van der Waals surface area (Å²) in [5.41, 5.74) is 2.56. The smallest absolute Gasteiger partial charge is 0.161 e. The molecule has 0 amide bonds. The number of nitrogens with zero attached hydrogens (tertiary/aromatic N) is 2. The number of carbonyl (C=O) groups is 1. The highest BCUT2D eigenvalue weighted by atomic mass is 16.5. The van der Waals surface area contributed by atoms with Gasteiger partial charge in [0.05, 0.1) is 31.2 Å². The van der Waals surface area contributed by atoms with Crippen molar-refractivity contribution >= 4 is 5.78 Å². The number of ketones is 1. The molecule has 0 bridgehead atoms. The van der Waals surface area contributed by atoms with E-state index in [1.807, 2.05) is 59.3 Å². The predicted octanol–water partition coefficient (Wildman–Crippen LogP) is 4.97. The van der Waals surface area contributed by atoms with Gasteiger partial charge in [-0.25, -0.2) is 4.68 Å². The Morgan fingerprint density at radius 3 is 2.61 bits per heavy atom. The minimum Gasteiger partial charge on any atom is -0.494 e. The van der Waals surface area contributed by atoms with Gasteiger partial charge >= 0.3 is 0 Å². The van der Waals surface area contributed by atoms with Gasteiger partial charge in [0.15, 0.2) is 5.78 Å². The molecule has 1 aliphatic rings. The van der Waals surface area contributed by atoms with Crippen molar-refractivity contribution in [1.82, 2.24) is 9.78 Å². The summed E-state index contributed by atoms with van der Waals surface area (Å²) in [4.78, 5) is 11.8. The lowest BCUT2D eigenvalue weighted by atomic mass is 10.1. The molecule has 2 aromatic carbocycles. The maximum absolute atomic E-state index is 11.8. The lowest BCUT2D eigenvalue weighted by Crippen LogP contribution is -2.32. The molecule has 0 N–H and O–H groups in total. The first-order valence-corrected chi connectivity index (χ1v) is 10.5. The standard InChI is InChI=1S/C25H28N2O4/c1-17(28)25(2,3)30-16-19-15-23(18-8-7-9-21(14-18)31-20-12-13-20)27(26-19)22-10-5-6-11-24(22)29-4/h5-11,14-15,20H,12-13,16H2,1-4H3. The zero-order valence-corrected chi connectivity index (χ0v) is 18.4. The van der Waals surface area contributed by atoms with Gasteiger partial charge in [0.25, 0.3) is 0 Å². The molecule has 0 aliphatic heterocycles. The Morgan fingerprint density at radius 2 is 1.90 bits per heavy atom. The van der Waals surface area contributed by atoms with Crippen molar-refractivity contribution in [3.8, 4) is 28.4 Å². The highest BCUT2D eigenvalue weighted by molar-refractivity contribution is 5.83. The van der Waals surface area contributed by atoms with Crippen LogP contribution in [0.2, 0.25) is 0 Å². The van der Waals surface area contributed by atoms with Crippen LogP contribution >= 0.6 is 0 Å². The summed E-state index contributed by atoms with van der Waals surface area (Å²) in [6.45, 7) is 5.29. The van der Waals surface area contributed by atoms with Gasteiger partial charge in [-0.05, 0) is 63.9 Å². The number of para-hydroxylation sites is 2. The maximum Gasteiger partial charge on any atom is 0.161 e. The van der Waals surface area contributed by atoms with Crippen molar-refractivity contribution in [2.24, 2.45) is 0 Å². The summed E-state index contributed by atoms with van der Waals surface area (Å²) >= 11 is 0. The monoisotopic (exact) mass is 420 g/mol. The largest absolute Gasteiger partial charge is 0.494 e. The SMILES string of the molecule is COc1ccccc1-n1nc(COC(C)(C)C(C)=O)cc1-c1cccc(OC2CC2)c1. The zero-order valence-electron chi connectivity index (χ0n) is 18.4. The van der Waals surface area contributed by atoms with Crippen LogP contribution in [0.4, 0.5) is 0 Å². The third kappa shape index (κ3) is 4.80. The number of carbonyl (C=O) groups excluding carboxylic acids is 1. The second kappa shape index (κ2) is 8.55. The Labute approximate surface area is 182 Å².